The summed E-state index contributed by atoms with van der Waals surface area (Å²) in [5.41, 5.74) is 8.06. The molecule has 2 heteroatoms. The number of fused-ring (bicyclic) bond motifs is 1. The van der Waals surface area contributed by atoms with Crippen molar-refractivity contribution in [3.8, 4) is 0 Å². The molecule has 2 atom stereocenters. The molecule has 1 heterocycles. The Morgan fingerprint density at radius 2 is 1.70 bits per heavy atom. The molecule has 2 unspecified atom stereocenters. The van der Waals surface area contributed by atoms with Crippen LogP contribution in [0, 0.1) is 0 Å². The van der Waals surface area contributed by atoms with Gasteiger partial charge in [0.2, 0.25) is 0 Å². The van der Waals surface area contributed by atoms with Gasteiger partial charge in [-0.25, -0.2) is 0 Å². The number of hydrogen-bond donors (Lipinski definition) is 0. The molecule has 1 aliphatic heterocycles. The number of para-hydroxylation sites is 2. The molecule has 37 heavy (non-hydrogen) atoms. The summed E-state index contributed by atoms with van der Waals surface area (Å²) in [6, 6.07) is 26.1. The van der Waals surface area contributed by atoms with Crippen LogP contribution in [0.1, 0.15) is 30.9 Å². The molecule has 3 aromatic rings. The zero-order valence-electron chi connectivity index (χ0n) is 22.1. The third kappa shape index (κ3) is 5.92. The van der Waals surface area contributed by atoms with Crippen LogP contribution in [0.25, 0.3) is 5.57 Å². The number of nitrogens with zero attached hydrogens (tertiary/aromatic N) is 2. The van der Waals surface area contributed by atoms with E-state index in [-0.39, 0.29) is 12.0 Å². The van der Waals surface area contributed by atoms with Crippen LogP contribution in [0.3, 0.4) is 0 Å². The SMILES string of the molecule is C=C/C=C\C=C/C(C)c1ccccc1N(C)c1cccc(N2c3ccccc3C(=C)/C=C\C=C/C2C)c1. The van der Waals surface area contributed by atoms with Gasteiger partial charge in [0.25, 0.3) is 0 Å². The van der Waals surface area contributed by atoms with Crippen molar-refractivity contribution >= 4 is 28.3 Å². The summed E-state index contributed by atoms with van der Waals surface area (Å²) in [4.78, 5) is 4.68. The first-order chi connectivity index (χ1) is 18.0. The van der Waals surface area contributed by atoms with Gasteiger partial charge in [0.1, 0.15) is 0 Å². The van der Waals surface area contributed by atoms with E-state index in [1.54, 1.807) is 6.08 Å². The molecule has 1 aliphatic rings. The lowest BCUT2D eigenvalue weighted by Crippen LogP contribution is -2.27. The highest BCUT2D eigenvalue weighted by molar-refractivity contribution is 5.85. The van der Waals surface area contributed by atoms with Gasteiger partial charge in [-0.05, 0) is 48.4 Å². The summed E-state index contributed by atoms with van der Waals surface area (Å²) < 4.78 is 0. The molecule has 0 aliphatic carbocycles. The maximum Gasteiger partial charge on any atom is 0.0497 e. The van der Waals surface area contributed by atoms with Crippen molar-refractivity contribution in [3.63, 3.8) is 0 Å². The second kappa shape index (κ2) is 12.1. The van der Waals surface area contributed by atoms with E-state index in [2.05, 4.69) is 153 Å². The van der Waals surface area contributed by atoms with E-state index >= 15 is 0 Å². The summed E-state index contributed by atoms with van der Waals surface area (Å²) in [7, 11) is 2.15. The Balaban J connectivity index is 1.73. The quantitative estimate of drug-likeness (QED) is 0.308. The fourth-order valence-corrected chi connectivity index (χ4v) is 4.77. The van der Waals surface area contributed by atoms with Crippen LogP contribution in [0.5, 0.6) is 0 Å². The minimum absolute atomic E-state index is 0.165. The number of benzene rings is 3. The predicted octanol–water partition coefficient (Wildman–Crippen LogP) is 9.52. The molecule has 0 aromatic heterocycles. The Morgan fingerprint density at radius 1 is 0.919 bits per heavy atom. The second-order valence-electron chi connectivity index (χ2n) is 9.33. The number of rotatable bonds is 7. The average molecular weight is 485 g/mol. The van der Waals surface area contributed by atoms with Crippen molar-refractivity contribution < 1.29 is 0 Å². The Kier molecular flexibility index (Phi) is 8.43. The number of anilines is 4. The average Bonchev–Trinajstić information content (AvgIpc) is 2.99. The van der Waals surface area contributed by atoms with E-state index in [4.69, 9.17) is 0 Å². The van der Waals surface area contributed by atoms with Crippen LogP contribution in [0.4, 0.5) is 22.7 Å². The second-order valence-corrected chi connectivity index (χ2v) is 9.33. The third-order valence-electron chi connectivity index (χ3n) is 6.76. The Labute approximate surface area is 222 Å². The van der Waals surface area contributed by atoms with Crippen LogP contribution in [0.15, 0.2) is 141 Å². The standard InChI is InChI=1S/C35H36N2/c1-6-7-8-9-17-27(2)32-22-12-14-24-34(32)36(5)30-20-16-21-31(26-30)37-29(4)19-11-10-18-28(3)33-23-13-15-25-35(33)37/h6-27,29H,1,3H2,2,4-5H3/b8-7-,17-9-,18-10-,19-11-. The maximum absolute atomic E-state index is 4.32. The van der Waals surface area contributed by atoms with Crippen LogP contribution in [-0.4, -0.2) is 13.1 Å². The summed E-state index contributed by atoms with van der Waals surface area (Å²) in [5, 5.41) is 0. The molecule has 0 spiro atoms. The van der Waals surface area contributed by atoms with Gasteiger partial charge in [-0.3, -0.25) is 0 Å². The molecule has 3 aromatic carbocycles. The van der Waals surface area contributed by atoms with Crippen molar-refractivity contribution in [1.82, 2.24) is 0 Å². The summed E-state index contributed by atoms with van der Waals surface area (Å²) >= 11 is 0. The lowest BCUT2D eigenvalue weighted by atomic mass is 9.97. The van der Waals surface area contributed by atoms with Gasteiger partial charge in [-0.1, -0.05) is 117 Å². The number of allylic oxidation sites excluding steroid dienone is 9. The minimum atomic E-state index is 0.165. The van der Waals surface area contributed by atoms with Gasteiger partial charge in [-0.2, -0.15) is 0 Å². The van der Waals surface area contributed by atoms with Crippen molar-refractivity contribution in [1.29, 1.82) is 0 Å². The fraction of sp³-hybridized carbons (Fsp3) is 0.143. The fourth-order valence-electron chi connectivity index (χ4n) is 4.77. The highest BCUT2D eigenvalue weighted by Gasteiger charge is 2.20. The first-order valence-electron chi connectivity index (χ1n) is 12.8. The summed E-state index contributed by atoms with van der Waals surface area (Å²) in [6.07, 6.45) is 18.5. The van der Waals surface area contributed by atoms with Gasteiger partial charge in [-0.15, -0.1) is 0 Å². The van der Waals surface area contributed by atoms with Crippen molar-refractivity contribution in [2.75, 3.05) is 16.8 Å². The van der Waals surface area contributed by atoms with E-state index in [1.807, 2.05) is 12.2 Å². The smallest absolute Gasteiger partial charge is 0.0497 e. The lowest BCUT2D eigenvalue weighted by molar-refractivity contribution is 0.863. The van der Waals surface area contributed by atoms with Crippen molar-refractivity contribution in [3.05, 3.63) is 152 Å². The molecule has 0 radical (unpaired) electrons. The minimum Gasteiger partial charge on any atom is -0.344 e. The van der Waals surface area contributed by atoms with Gasteiger partial charge in [0.15, 0.2) is 0 Å². The van der Waals surface area contributed by atoms with Crippen LogP contribution < -0.4 is 9.80 Å². The molecule has 0 amide bonds. The van der Waals surface area contributed by atoms with Gasteiger partial charge >= 0.3 is 0 Å². The van der Waals surface area contributed by atoms with Crippen molar-refractivity contribution in [2.24, 2.45) is 0 Å². The first-order valence-corrected chi connectivity index (χ1v) is 12.8. The van der Waals surface area contributed by atoms with Gasteiger partial charge in [0, 0.05) is 47.3 Å². The third-order valence-corrected chi connectivity index (χ3v) is 6.76. The van der Waals surface area contributed by atoms with Crippen molar-refractivity contribution in [2.45, 2.75) is 25.8 Å². The molecule has 186 valence electrons. The number of hydrogen-bond acceptors (Lipinski definition) is 2. The highest BCUT2D eigenvalue weighted by Crippen LogP contribution is 2.38. The van der Waals surface area contributed by atoms with Gasteiger partial charge < -0.3 is 9.80 Å². The molecule has 0 saturated heterocycles. The molecule has 0 fully saturated rings. The summed E-state index contributed by atoms with van der Waals surface area (Å²) in [5.74, 6) is 0.268. The largest absolute Gasteiger partial charge is 0.344 e. The Hall–Kier alpha value is -4.30. The monoisotopic (exact) mass is 484 g/mol. The van der Waals surface area contributed by atoms with E-state index in [9.17, 15) is 0 Å². The van der Waals surface area contributed by atoms with Crippen LogP contribution in [-0.2, 0) is 0 Å². The Bertz CT molecular complexity index is 1370. The van der Waals surface area contributed by atoms with Gasteiger partial charge in [0.05, 0.1) is 0 Å². The van der Waals surface area contributed by atoms with E-state index < -0.39 is 0 Å². The first kappa shape index (κ1) is 25.8. The molecule has 0 N–H and O–H groups in total. The Morgan fingerprint density at radius 3 is 2.54 bits per heavy atom. The van der Waals surface area contributed by atoms with Crippen LogP contribution >= 0.6 is 0 Å². The zero-order valence-corrected chi connectivity index (χ0v) is 22.1. The molecular formula is C35H36N2. The molecule has 4 rings (SSSR count). The summed E-state index contributed by atoms with van der Waals surface area (Å²) in [6.45, 7) is 12.5. The topological polar surface area (TPSA) is 6.48 Å². The lowest BCUT2D eigenvalue weighted by Gasteiger charge is -2.33. The predicted molar refractivity (Wildman–Crippen MR) is 163 cm³/mol. The van der Waals surface area contributed by atoms with E-state index in [0.29, 0.717) is 0 Å². The molecule has 0 saturated carbocycles. The normalized spacial score (nSPS) is 18.1. The maximum atomic E-state index is 4.32. The molecule has 0 bridgehead atoms. The molecule has 2 nitrogen and oxygen atoms in total. The van der Waals surface area contributed by atoms with E-state index in [1.165, 1.54) is 11.3 Å². The molecular weight excluding hydrogens is 448 g/mol. The zero-order chi connectivity index (χ0) is 26.2. The van der Waals surface area contributed by atoms with E-state index in [0.717, 1.165) is 28.2 Å². The highest BCUT2D eigenvalue weighted by atomic mass is 15.2. The van der Waals surface area contributed by atoms with Crippen LogP contribution in [0.2, 0.25) is 0 Å².